The standard InChI is InChI=1S/C17H23FN4O2/c1-20(9-14-8-19-22(3)11-14)12-17(23)21(2)10-13-5-6-16(24-4)15(18)7-13/h5-8,11H,9-10,12H2,1-4H3. The minimum absolute atomic E-state index is 0.0300. The lowest BCUT2D eigenvalue weighted by Crippen LogP contribution is -2.36. The van der Waals surface area contributed by atoms with Crippen LogP contribution in [0, 0.1) is 5.82 Å². The third-order valence-electron chi connectivity index (χ3n) is 3.68. The molecule has 0 N–H and O–H groups in total. The number of nitrogens with zero attached hydrogens (tertiary/aromatic N) is 4. The first-order valence-electron chi connectivity index (χ1n) is 7.61. The third kappa shape index (κ3) is 4.79. The molecule has 2 rings (SSSR count). The summed E-state index contributed by atoms with van der Waals surface area (Å²) in [6.07, 6.45) is 3.70. The van der Waals surface area contributed by atoms with Crippen molar-refractivity contribution in [3.8, 4) is 5.75 Å². The molecule has 0 aliphatic heterocycles. The molecule has 0 saturated heterocycles. The van der Waals surface area contributed by atoms with Crippen molar-refractivity contribution in [1.82, 2.24) is 19.6 Å². The maximum atomic E-state index is 13.7. The first-order chi connectivity index (χ1) is 11.4. The number of carbonyl (C=O) groups is 1. The van der Waals surface area contributed by atoms with Crippen LogP contribution < -0.4 is 4.74 Å². The van der Waals surface area contributed by atoms with Gasteiger partial charge in [0.1, 0.15) is 0 Å². The van der Waals surface area contributed by atoms with Crippen molar-refractivity contribution in [2.75, 3.05) is 27.7 Å². The molecule has 0 aliphatic carbocycles. The number of ether oxygens (including phenoxy) is 1. The van der Waals surface area contributed by atoms with Gasteiger partial charge in [-0.05, 0) is 24.7 Å². The number of halogens is 1. The van der Waals surface area contributed by atoms with Gasteiger partial charge in [0.25, 0.3) is 0 Å². The van der Waals surface area contributed by atoms with E-state index in [9.17, 15) is 9.18 Å². The summed E-state index contributed by atoms with van der Waals surface area (Å²) >= 11 is 0. The number of hydrogen-bond acceptors (Lipinski definition) is 4. The largest absolute Gasteiger partial charge is 0.494 e. The molecule has 7 heteroatoms. The van der Waals surface area contributed by atoms with Gasteiger partial charge in [-0.2, -0.15) is 5.10 Å². The molecule has 2 aromatic rings. The lowest BCUT2D eigenvalue weighted by molar-refractivity contribution is -0.131. The Labute approximate surface area is 141 Å². The van der Waals surface area contributed by atoms with Gasteiger partial charge in [-0.25, -0.2) is 4.39 Å². The average Bonchev–Trinajstić information content (AvgIpc) is 2.92. The molecule has 0 aliphatic rings. The number of amides is 1. The van der Waals surface area contributed by atoms with E-state index in [2.05, 4.69) is 5.10 Å². The Morgan fingerprint density at radius 2 is 2.04 bits per heavy atom. The fourth-order valence-corrected chi connectivity index (χ4v) is 2.44. The van der Waals surface area contributed by atoms with Crippen molar-refractivity contribution < 1.29 is 13.9 Å². The Balaban J connectivity index is 1.88. The molecule has 0 bridgehead atoms. The van der Waals surface area contributed by atoms with Crippen LogP contribution in [0.15, 0.2) is 30.6 Å². The average molecular weight is 334 g/mol. The number of hydrogen-bond donors (Lipinski definition) is 0. The molecule has 0 atom stereocenters. The van der Waals surface area contributed by atoms with E-state index in [0.717, 1.165) is 11.1 Å². The molecular weight excluding hydrogens is 311 g/mol. The maximum Gasteiger partial charge on any atom is 0.236 e. The van der Waals surface area contributed by atoms with E-state index in [4.69, 9.17) is 4.74 Å². The van der Waals surface area contributed by atoms with Crippen molar-refractivity contribution in [2.45, 2.75) is 13.1 Å². The summed E-state index contributed by atoms with van der Waals surface area (Å²) in [6.45, 7) is 1.27. The molecular formula is C17H23FN4O2. The molecule has 0 unspecified atom stereocenters. The fourth-order valence-electron chi connectivity index (χ4n) is 2.44. The second-order valence-corrected chi connectivity index (χ2v) is 5.91. The van der Waals surface area contributed by atoms with E-state index in [-0.39, 0.29) is 18.2 Å². The van der Waals surface area contributed by atoms with Crippen molar-refractivity contribution in [3.63, 3.8) is 0 Å². The van der Waals surface area contributed by atoms with Gasteiger partial charge >= 0.3 is 0 Å². The van der Waals surface area contributed by atoms with Crippen LogP contribution in [0.2, 0.25) is 0 Å². The normalized spacial score (nSPS) is 10.9. The minimum atomic E-state index is -0.426. The molecule has 24 heavy (non-hydrogen) atoms. The molecule has 1 heterocycles. The molecule has 1 aromatic heterocycles. The summed E-state index contributed by atoms with van der Waals surface area (Å²) in [5.41, 5.74) is 1.77. The predicted octanol–water partition coefficient (Wildman–Crippen LogP) is 1.66. The quantitative estimate of drug-likeness (QED) is 0.773. The predicted molar refractivity (Wildman–Crippen MR) is 89.0 cm³/mol. The van der Waals surface area contributed by atoms with E-state index in [0.29, 0.717) is 13.1 Å². The molecule has 0 saturated carbocycles. The van der Waals surface area contributed by atoms with E-state index in [1.807, 2.05) is 25.2 Å². The zero-order valence-electron chi connectivity index (χ0n) is 14.5. The SMILES string of the molecule is COc1ccc(CN(C)C(=O)CN(C)Cc2cnn(C)c2)cc1F. The smallest absolute Gasteiger partial charge is 0.236 e. The molecule has 130 valence electrons. The van der Waals surface area contributed by atoms with Crippen molar-refractivity contribution in [2.24, 2.45) is 7.05 Å². The number of carbonyl (C=O) groups excluding carboxylic acids is 1. The second-order valence-electron chi connectivity index (χ2n) is 5.91. The Morgan fingerprint density at radius 1 is 1.29 bits per heavy atom. The highest BCUT2D eigenvalue weighted by Gasteiger charge is 2.14. The van der Waals surface area contributed by atoms with Gasteiger partial charge < -0.3 is 9.64 Å². The van der Waals surface area contributed by atoms with Crippen LogP contribution in [-0.2, 0) is 24.9 Å². The van der Waals surface area contributed by atoms with Crippen LogP contribution in [0.4, 0.5) is 4.39 Å². The number of benzene rings is 1. The van der Waals surface area contributed by atoms with E-state index >= 15 is 0 Å². The first kappa shape index (κ1) is 17.9. The topological polar surface area (TPSA) is 50.6 Å². The van der Waals surface area contributed by atoms with E-state index in [1.54, 1.807) is 35.0 Å². The van der Waals surface area contributed by atoms with Crippen LogP contribution in [0.25, 0.3) is 0 Å². The van der Waals surface area contributed by atoms with Crippen LogP contribution in [0.3, 0.4) is 0 Å². The molecule has 6 nitrogen and oxygen atoms in total. The molecule has 0 radical (unpaired) electrons. The van der Waals surface area contributed by atoms with Crippen LogP contribution in [0.5, 0.6) is 5.75 Å². The monoisotopic (exact) mass is 334 g/mol. The van der Waals surface area contributed by atoms with Gasteiger partial charge in [-0.15, -0.1) is 0 Å². The van der Waals surface area contributed by atoms with Crippen molar-refractivity contribution >= 4 is 5.91 Å². The van der Waals surface area contributed by atoms with E-state index < -0.39 is 5.82 Å². The zero-order chi connectivity index (χ0) is 17.7. The lowest BCUT2D eigenvalue weighted by Gasteiger charge is -2.22. The Morgan fingerprint density at radius 3 is 2.62 bits per heavy atom. The van der Waals surface area contributed by atoms with Gasteiger partial charge in [0.2, 0.25) is 5.91 Å². The van der Waals surface area contributed by atoms with Gasteiger partial charge in [-0.3, -0.25) is 14.4 Å². The molecule has 1 amide bonds. The highest BCUT2D eigenvalue weighted by Crippen LogP contribution is 2.18. The summed E-state index contributed by atoms with van der Waals surface area (Å²) in [5.74, 6) is -0.258. The maximum absolute atomic E-state index is 13.7. The number of likely N-dealkylation sites (N-methyl/N-ethyl adjacent to an activating group) is 2. The van der Waals surface area contributed by atoms with Crippen LogP contribution in [-0.4, -0.2) is 53.2 Å². The lowest BCUT2D eigenvalue weighted by atomic mass is 10.2. The summed E-state index contributed by atoms with van der Waals surface area (Å²) in [5, 5.41) is 4.11. The highest BCUT2D eigenvalue weighted by atomic mass is 19.1. The van der Waals surface area contributed by atoms with Gasteiger partial charge in [0.15, 0.2) is 11.6 Å². The highest BCUT2D eigenvalue weighted by molar-refractivity contribution is 5.77. The summed E-state index contributed by atoms with van der Waals surface area (Å²) in [6, 6.07) is 4.71. The number of rotatable bonds is 7. The number of methoxy groups -OCH3 is 1. The Hall–Kier alpha value is -2.41. The minimum Gasteiger partial charge on any atom is -0.494 e. The van der Waals surface area contributed by atoms with Crippen molar-refractivity contribution in [1.29, 1.82) is 0 Å². The van der Waals surface area contributed by atoms with Crippen LogP contribution in [0.1, 0.15) is 11.1 Å². The number of aryl methyl sites for hydroxylation is 1. The Kier molecular flexibility index (Phi) is 5.92. The van der Waals surface area contributed by atoms with E-state index in [1.165, 1.54) is 13.2 Å². The molecule has 0 spiro atoms. The molecule has 0 fully saturated rings. The summed E-state index contributed by atoms with van der Waals surface area (Å²) < 4.78 is 20.3. The van der Waals surface area contributed by atoms with Crippen molar-refractivity contribution in [3.05, 3.63) is 47.5 Å². The van der Waals surface area contributed by atoms with Gasteiger partial charge in [-0.1, -0.05) is 6.07 Å². The summed E-state index contributed by atoms with van der Waals surface area (Å²) in [7, 11) is 6.87. The fraction of sp³-hybridized carbons (Fsp3) is 0.412. The first-order valence-corrected chi connectivity index (χ1v) is 7.61. The third-order valence-corrected chi connectivity index (χ3v) is 3.68. The molecule has 1 aromatic carbocycles. The zero-order valence-corrected chi connectivity index (χ0v) is 14.5. The number of aromatic nitrogens is 2. The van der Waals surface area contributed by atoms with Crippen LogP contribution >= 0.6 is 0 Å². The summed E-state index contributed by atoms with van der Waals surface area (Å²) in [4.78, 5) is 15.8. The second kappa shape index (κ2) is 7.92. The van der Waals surface area contributed by atoms with Gasteiger partial charge in [0.05, 0.1) is 19.9 Å². The Bertz CT molecular complexity index is 702. The van der Waals surface area contributed by atoms with Gasteiger partial charge in [0, 0.05) is 38.9 Å².